The summed E-state index contributed by atoms with van der Waals surface area (Å²) < 4.78 is 7.58. The summed E-state index contributed by atoms with van der Waals surface area (Å²) in [5.41, 5.74) is 0.903. The number of hydrogen-bond donors (Lipinski definition) is 0. The predicted octanol–water partition coefficient (Wildman–Crippen LogP) is 3.52. The van der Waals surface area contributed by atoms with Gasteiger partial charge < -0.3 is 9.32 Å². The van der Waals surface area contributed by atoms with Crippen molar-refractivity contribution < 1.29 is 9.21 Å². The highest BCUT2D eigenvalue weighted by molar-refractivity contribution is 7.16. The molecule has 4 aromatic rings. The van der Waals surface area contributed by atoms with Crippen LogP contribution < -0.4 is 5.56 Å². The van der Waals surface area contributed by atoms with Crippen LogP contribution in [0.3, 0.4) is 0 Å². The molecule has 1 amide bonds. The van der Waals surface area contributed by atoms with Crippen molar-refractivity contribution in [2.75, 3.05) is 7.05 Å². The van der Waals surface area contributed by atoms with Gasteiger partial charge in [-0.2, -0.15) is 0 Å². The molecule has 1 aromatic carbocycles. The van der Waals surface area contributed by atoms with Gasteiger partial charge in [0.15, 0.2) is 0 Å². The van der Waals surface area contributed by atoms with E-state index in [1.807, 2.05) is 24.3 Å². The molecule has 8 heteroatoms. The van der Waals surface area contributed by atoms with Gasteiger partial charge in [0.05, 0.1) is 17.2 Å². The van der Waals surface area contributed by atoms with Crippen LogP contribution in [0.25, 0.3) is 22.1 Å². The number of rotatable bonds is 4. The zero-order chi connectivity index (χ0) is 18.3. The van der Waals surface area contributed by atoms with Crippen molar-refractivity contribution in [3.63, 3.8) is 0 Å². The van der Waals surface area contributed by atoms with Crippen molar-refractivity contribution in [2.24, 2.45) is 0 Å². The molecule has 4 rings (SSSR count). The number of carbonyl (C=O) groups excluding carboxylic acids is 1. The molecule has 0 aliphatic heterocycles. The van der Waals surface area contributed by atoms with E-state index in [1.165, 1.54) is 22.2 Å². The highest BCUT2D eigenvalue weighted by Gasteiger charge is 2.16. The van der Waals surface area contributed by atoms with E-state index in [0.717, 1.165) is 10.3 Å². The molecule has 0 bridgehead atoms. The quantitative estimate of drug-likeness (QED) is 0.537. The van der Waals surface area contributed by atoms with Crippen molar-refractivity contribution in [2.45, 2.75) is 13.1 Å². The molecule has 0 radical (unpaired) electrons. The summed E-state index contributed by atoms with van der Waals surface area (Å²) in [6.45, 7) is 0.333. The minimum Gasteiger partial charge on any atom is -0.448 e. The first-order valence-corrected chi connectivity index (χ1v) is 9.07. The van der Waals surface area contributed by atoms with Crippen molar-refractivity contribution in [1.29, 1.82) is 0 Å². The number of furan rings is 1. The standard InChI is InChI=1S/C18H14ClN3O3S/c1-21(8-11-6-7-14(19)26-11)15(23)9-22-10-20-16-12-4-2-3-5-13(12)25-17(16)18(22)24/h2-7,10H,8-9H2,1H3. The lowest BCUT2D eigenvalue weighted by Crippen LogP contribution is -2.33. The topological polar surface area (TPSA) is 68.3 Å². The molecule has 3 heterocycles. The second-order valence-corrected chi connectivity index (χ2v) is 7.71. The summed E-state index contributed by atoms with van der Waals surface area (Å²) in [6, 6.07) is 11.0. The maximum absolute atomic E-state index is 12.7. The Morgan fingerprint density at radius 1 is 1.31 bits per heavy atom. The largest absolute Gasteiger partial charge is 0.448 e. The Hall–Kier alpha value is -2.64. The molecule has 0 aliphatic carbocycles. The van der Waals surface area contributed by atoms with Gasteiger partial charge >= 0.3 is 0 Å². The van der Waals surface area contributed by atoms with Gasteiger partial charge in [-0.05, 0) is 24.3 Å². The second-order valence-electron chi connectivity index (χ2n) is 5.91. The van der Waals surface area contributed by atoms with Gasteiger partial charge in [-0.1, -0.05) is 23.7 Å². The van der Waals surface area contributed by atoms with E-state index >= 15 is 0 Å². The summed E-state index contributed by atoms with van der Waals surface area (Å²) in [7, 11) is 1.69. The van der Waals surface area contributed by atoms with E-state index < -0.39 is 0 Å². The molecule has 0 spiro atoms. The van der Waals surface area contributed by atoms with Crippen molar-refractivity contribution >= 4 is 50.9 Å². The van der Waals surface area contributed by atoms with Crippen LogP contribution in [0.4, 0.5) is 0 Å². The third-order valence-electron chi connectivity index (χ3n) is 4.10. The van der Waals surface area contributed by atoms with Crippen LogP contribution in [0.1, 0.15) is 4.88 Å². The minimum absolute atomic E-state index is 0.103. The molecule has 6 nitrogen and oxygen atoms in total. The fraction of sp³-hybridized carbons (Fsp3) is 0.167. The number of hydrogen-bond acceptors (Lipinski definition) is 5. The summed E-state index contributed by atoms with van der Waals surface area (Å²) >= 11 is 7.34. The molecule has 0 saturated carbocycles. The summed E-state index contributed by atoms with van der Waals surface area (Å²) in [5.74, 6) is -0.200. The average molecular weight is 388 g/mol. The SMILES string of the molecule is CN(Cc1ccc(Cl)s1)C(=O)Cn1cnc2c(oc3ccccc32)c1=O. The number of aromatic nitrogens is 2. The van der Waals surface area contributed by atoms with Crippen LogP contribution in [0.15, 0.2) is 51.9 Å². The van der Waals surface area contributed by atoms with Gasteiger partial charge in [-0.3, -0.25) is 14.2 Å². The molecule has 0 aliphatic rings. The lowest BCUT2D eigenvalue weighted by atomic mass is 10.2. The molecule has 0 N–H and O–H groups in total. The molecular formula is C18H14ClN3O3S. The van der Waals surface area contributed by atoms with E-state index in [1.54, 1.807) is 24.1 Å². The molecule has 3 aromatic heterocycles. The van der Waals surface area contributed by atoms with Crippen molar-refractivity contribution in [3.05, 3.63) is 62.3 Å². The number of carbonyl (C=O) groups is 1. The van der Waals surface area contributed by atoms with Crippen molar-refractivity contribution in [1.82, 2.24) is 14.5 Å². The van der Waals surface area contributed by atoms with E-state index in [0.29, 0.717) is 22.0 Å². The third kappa shape index (κ3) is 3.00. The fourth-order valence-electron chi connectivity index (χ4n) is 2.75. The summed E-state index contributed by atoms with van der Waals surface area (Å²) in [4.78, 5) is 32.0. The Bertz CT molecular complexity index is 1180. The molecule has 0 atom stereocenters. The number of fused-ring (bicyclic) bond motifs is 3. The number of likely N-dealkylation sites (N-methyl/N-ethyl adjacent to an activating group) is 1. The van der Waals surface area contributed by atoms with Gasteiger partial charge in [0.25, 0.3) is 5.56 Å². The minimum atomic E-state index is -0.368. The van der Waals surface area contributed by atoms with Gasteiger partial charge in [0.1, 0.15) is 17.6 Å². The zero-order valence-corrected chi connectivity index (χ0v) is 15.4. The predicted molar refractivity (Wildman–Crippen MR) is 102 cm³/mol. The first-order chi connectivity index (χ1) is 12.5. The highest BCUT2D eigenvalue weighted by atomic mass is 35.5. The number of benzene rings is 1. The lowest BCUT2D eigenvalue weighted by Gasteiger charge is -2.16. The van der Waals surface area contributed by atoms with Crippen LogP contribution in [0, 0.1) is 0 Å². The molecule has 0 fully saturated rings. The Labute approximate surface area is 157 Å². The van der Waals surface area contributed by atoms with E-state index in [9.17, 15) is 9.59 Å². The first-order valence-electron chi connectivity index (χ1n) is 7.88. The molecule has 0 saturated heterocycles. The van der Waals surface area contributed by atoms with E-state index in [2.05, 4.69) is 4.98 Å². The number of thiophene rings is 1. The van der Waals surface area contributed by atoms with E-state index in [4.69, 9.17) is 16.0 Å². The Balaban J connectivity index is 1.60. The number of amides is 1. The first kappa shape index (κ1) is 16.8. The normalized spacial score (nSPS) is 11.3. The van der Waals surface area contributed by atoms with E-state index in [-0.39, 0.29) is 23.6 Å². The van der Waals surface area contributed by atoms with Gasteiger partial charge in [0.2, 0.25) is 11.5 Å². The van der Waals surface area contributed by atoms with Crippen LogP contribution in [-0.2, 0) is 17.9 Å². The molecule has 132 valence electrons. The Morgan fingerprint density at radius 2 is 2.12 bits per heavy atom. The maximum Gasteiger partial charge on any atom is 0.297 e. The van der Waals surface area contributed by atoms with Crippen LogP contribution in [0.5, 0.6) is 0 Å². The number of halogens is 1. The van der Waals surface area contributed by atoms with Gasteiger partial charge in [-0.15, -0.1) is 11.3 Å². The van der Waals surface area contributed by atoms with Crippen molar-refractivity contribution in [3.8, 4) is 0 Å². The van der Waals surface area contributed by atoms with Crippen LogP contribution in [-0.4, -0.2) is 27.4 Å². The lowest BCUT2D eigenvalue weighted by molar-refractivity contribution is -0.131. The second kappa shape index (κ2) is 6.59. The third-order valence-corrected chi connectivity index (χ3v) is 5.32. The summed E-state index contributed by atoms with van der Waals surface area (Å²) in [5, 5.41) is 0.782. The number of para-hydroxylation sites is 1. The number of nitrogens with zero attached hydrogens (tertiary/aromatic N) is 3. The highest BCUT2D eigenvalue weighted by Crippen LogP contribution is 2.24. The Morgan fingerprint density at radius 3 is 2.88 bits per heavy atom. The Kier molecular flexibility index (Phi) is 4.26. The van der Waals surface area contributed by atoms with Crippen LogP contribution in [0.2, 0.25) is 4.34 Å². The maximum atomic E-state index is 12.7. The molecule has 0 unspecified atom stereocenters. The molecule has 26 heavy (non-hydrogen) atoms. The van der Waals surface area contributed by atoms with Gasteiger partial charge in [-0.25, -0.2) is 4.98 Å². The zero-order valence-electron chi connectivity index (χ0n) is 13.8. The van der Waals surface area contributed by atoms with Gasteiger partial charge in [0, 0.05) is 17.3 Å². The average Bonchev–Trinajstić information content (AvgIpc) is 3.21. The smallest absolute Gasteiger partial charge is 0.297 e. The molecular weight excluding hydrogens is 374 g/mol. The fourth-order valence-corrected chi connectivity index (χ4v) is 3.89. The monoisotopic (exact) mass is 387 g/mol. The van der Waals surface area contributed by atoms with Crippen LogP contribution >= 0.6 is 22.9 Å². The summed E-state index contributed by atoms with van der Waals surface area (Å²) in [6.07, 6.45) is 1.39.